The third kappa shape index (κ3) is 5.40. The minimum Gasteiger partial charge on any atom is -0.468 e. The number of benzene rings is 2. The zero-order valence-corrected chi connectivity index (χ0v) is 17.9. The lowest BCUT2D eigenvalue weighted by Crippen LogP contribution is -2.37. The number of esters is 1. The van der Waals surface area contributed by atoms with Crippen LogP contribution in [0.2, 0.25) is 0 Å². The zero-order valence-electron chi connectivity index (χ0n) is 17.1. The molecule has 1 amide bonds. The van der Waals surface area contributed by atoms with E-state index in [0.29, 0.717) is 11.0 Å². The zero-order chi connectivity index (χ0) is 24.0. The van der Waals surface area contributed by atoms with Crippen LogP contribution in [0.1, 0.15) is 11.6 Å². The van der Waals surface area contributed by atoms with Crippen molar-refractivity contribution in [1.82, 2.24) is 15.4 Å². The number of nitrogens with zero attached hydrogens (tertiary/aromatic N) is 4. The number of hydrogen-bond donors (Lipinski definition) is 3. The van der Waals surface area contributed by atoms with E-state index in [4.69, 9.17) is 22.7 Å². The van der Waals surface area contributed by atoms with E-state index in [0.717, 1.165) is 7.11 Å². The summed E-state index contributed by atoms with van der Waals surface area (Å²) in [6.07, 6.45) is 1.30. The van der Waals surface area contributed by atoms with Gasteiger partial charge in [-0.3, -0.25) is 30.1 Å². The molecule has 4 N–H and O–H groups in total. The Hall–Kier alpha value is -4.52. The highest BCUT2D eigenvalue weighted by Crippen LogP contribution is 2.25. The number of carbonyl (C=O) groups excluding carboxylic acids is 2. The molecule has 2 aromatic carbocycles. The molecule has 0 aliphatic heterocycles. The van der Waals surface area contributed by atoms with E-state index in [-0.39, 0.29) is 22.2 Å². The van der Waals surface area contributed by atoms with Crippen molar-refractivity contribution in [1.29, 1.82) is 0 Å². The molecular formula is C20H17N7O5S. The largest absolute Gasteiger partial charge is 0.468 e. The van der Waals surface area contributed by atoms with Crippen LogP contribution in [0.4, 0.5) is 11.4 Å². The number of aromatic nitrogens is 2. The first-order valence-electron chi connectivity index (χ1n) is 9.29. The molecule has 33 heavy (non-hydrogen) atoms. The Morgan fingerprint density at radius 2 is 1.85 bits per heavy atom. The van der Waals surface area contributed by atoms with Gasteiger partial charge < -0.3 is 15.8 Å². The third-order valence-corrected chi connectivity index (χ3v) is 4.43. The van der Waals surface area contributed by atoms with E-state index in [1.165, 1.54) is 30.5 Å². The Labute approximate surface area is 192 Å². The Balaban J connectivity index is 2.09. The molecule has 0 spiro atoms. The fourth-order valence-electron chi connectivity index (χ4n) is 2.89. The van der Waals surface area contributed by atoms with Crippen LogP contribution in [-0.2, 0) is 14.3 Å². The van der Waals surface area contributed by atoms with Gasteiger partial charge >= 0.3 is 5.97 Å². The number of nitro groups is 1. The fraction of sp³-hybridized carbons (Fsp3) is 0.100. The molecule has 13 heteroatoms. The Morgan fingerprint density at radius 1 is 1.18 bits per heavy atom. The van der Waals surface area contributed by atoms with Gasteiger partial charge in [0.2, 0.25) is 0 Å². The van der Waals surface area contributed by atoms with Crippen LogP contribution in [0.15, 0.2) is 59.8 Å². The molecule has 12 nitrogen and oxygen atoms in total. The number of para-hydroxylation sites is 4. The number of hydrazone groups is 1. The van der Waals surface area contributed by atoms with Crippen LogP contribution in [0, 0.1) is 10.1 Å². The molecule has 1 heterocycles. The second kappa shape index (κ2) is 10.2. The van der Waals surface area contributed by atoms with Gasteiger partial charge in [0, 0.05) is 6.07 Å². The van der Waals surface area contributed by atoms with Crippen molar-refractivity contribution in [3.63, 3.8) is 0 Å². The average molecular weight is 467 g/mol. The normalized spacial score (nSPS) is 12.0. The number of amides is 1. The van der Waals surface area contributed by atoms with Crippen LogP contribution in [0.3, 0.4) is 0 Å². The fourth-order valence-corrected chi connectivity index (χ4v) is 2.93. The summed E-state index contributed by atoms with van der Waals surface area (Å²) in [5, 5.41) is 17.3. The SMILES string of the molecule is COC(=O)C(/C(=N\NC(N)=S)C(=O)Nc1ccccc1[N+](=O)[O-])c1cnc2ccccc2n1. The molecule has 0 aliphatic rings. The van der Waals surface area contributed by atoms with Gasteiger partial charge in [0.1, 0.15) is 17.3 Å². The first-order chi connectivity index (χ1) is 15.8. The van der Waals surface area contributed by atoms with E-state index in [2.05, 4.69) is 25.8 Å². The van der Waals surface area contributed by atoms with Gasteiger partial charge in [-0.1, -0.05) is 24.3 Å². The van der Waals surface area contributed by atoms with Gasteiger partial charge in [0.05, 0.1) is 35.0 Å². The van der Waals surface area contributed by atoms with Gasteiger partial charge in [-0.15, -0.1) is 0 Å². The number of nitrogens with two attached hydrogens (primary N) is 1. The van der Waals surface area contributed by atoms with Crippen molar-refractivity contribution in [3.8, 4) is 0 Å². The molecule has 0 saturated heterocycles. The molecule has 0 aliphatic carbocycles. The van der Waals surface area contributed by atoms with Crippen LogP contribution in [0.25, 0.3) is 11.0 Å². The van der Waals surface area contributed by atoms with Crippen molar-refractivity contribution in [2.75, 3.05) is 12.4 Å². The maximum absolute atomic E-state index is 13.2. The van der Waals surface area contributed by atoms with E-state index in [1.54, 1.807) is 24.3 Å². The molecule has 168 valence electrons. The number of anilines is 1. The molecule has 1 aromatic heterocycles. The first kappa shape index (κ1) is 23.1. The summed E-state index contributed by atoms with van der Waals surface area (Å²) in [6.45, 7) is 0. The predicted molar refractivity (Wildman–Crippen MR) is 123 cm³/mol. The van der Waals surface area contributed by atoms with Gasteiger partial charge in [0.25, 0.3) is 11.6 Å². The molecular weight excluding hydrogens is 450 g/mol. The van der Waals surface area contributed by atoms with Gasteiger partial charge in [-0.05, 0) is 30.4 Å². The second-order valence-electron chi connectivity index (χ2n) is 6.44. The van der Waals surface area contributed by atoms with Gasteiger partial charge in [-0.2, -0.15) is 5.10 Å². The minimum absolute atomic E-state index is 0.0572. The summed E-state index contributed by atoms with van der Waals surface area (Å²) in [6, 6.07) is 12.4. The number of nitro benzene ring substituents is 1. The summed E-state index contributed by atoms with van der Waals surface area (Å²) in [5.41, 5.74) is 7.86. The molecule has 1 atom stereocenters. The number of methoxy groups -OCH3 is 1. The number of thiocarbonyl (C=S) groups is 1. The van der Waals surface area contributed by atoms with Crippen LogP contribution < -0.4 is 16.5 Å². The van der Waals surface area contributed by atoms with Crippen molar-refractivity contribution in [2.24, 2.45) is 10.8 Å². The number of nitrogens with one attached hydrogen (secondary N) is 2. The number of carbonyl (C=O) groups is 2. The Kier molecular flexibility index (Phi) is 7.15. The molecule has 3 rings (SSSR count). The van der Waals surface area contributed by atoms with E-state index in [1.807, 2.05) is 0 Å². The highest BCUT2D eigenvalue weighted by atomic mass is 32.1. The van der Waals surface area contributed by atoms with Crippen LogP contribution in [-0.4, -0.2) is 44.7 Å². The van der Waals surface area contributed by atoms with Gasteiger partial charge in [-0.25, -0.2) is 4.98 Å². The Bertz CT molecular complexity index is 1280. The number of rotatable bonds is 7. The monoisotopic (exact) mass is 467 g/mol. The summed E-state index contributed by atoms with van der Waals surface area (Å²) >= 11 is 4.74. The molecule has 0 bridgehead atoms. The third-order valence-electron chi connectivity index (χ3n) is 4.34. The number of hydrogen-bond acceptors (Lipinski definition) is 9. The van der Waals surface area contributed by atoms with Gasteiger partial charge in [0.15, 0.2) is 5.11 Å². The quantitative estimate of drug-likeness (QED) is 0.152. The highest BCUT2D eigenvalue weighted by Gasteiger charge is 2.35. The number of ether oxygens (including phenoxy) is 1. The van der Waals surface area contributed by atoms with E-state index in [9.17, 15) is 19.7 Å². The summed E-state index contributed by atoms with van der Waals surface area (Å²) in [7, 11) is 1.13. The summed E-state index contributed by atoms with van der Waals surface area (Å²) < 4.78 is 4.86. The second-order valence-corrected chi connectivity index (χ2v) is 6.88. The summed E-state index contributed by atoms with van der Waals surface area (Å²) in [5.74, 6) is -3.27. The van der Waals surface area contributed by atoms with Crippen molar-refractivity contribution in [3.05, 3.63) is 70.5 Å². The first-order valence-corrected chi connectivity index (χ1v) is 9.70. The van der Waals surface area contributed by atoms with Crippen molar-refractivity contribution >= 4 is 57.3 Å². The standard InChI is InChI=1S/C20H17N7O5S/c1-32-19(29)16(14-10-22-11-6-2-3-7-12(11)23-14)17(25-26-20(21)33)18(28)24-13-8-4-5-9-15(13)27(30)31/h2-10,16H,1H3,(H,24,28)(H3,21,26,33)/b25-17+. The average Bonchev–Trinajstić information content (AvgIpc) is 2.81. The highest BCUT2D eigenvalue weighted by molar-refractivity contribution is 7.80. The summed E-state index contributed by atoms with van der Waals surface area (Å²) in [4.78, 5) is 45.2. The van der Waals surface area contributed by atoms with E-state index >= 15 is 0 Å². The predicted octanol–water partition coefficient (Wildman–Crippen LogP) is 1.62. The topological polar surface area (TPSA) is 175 Å². The molecule has 3 aromatic rings. The maximum atomic E-state index is 13.2. The lowest BCUT2D eigenvalue weighted by Gasteiger charge is -2.17. The van der Waals surface area contributed by atoms with E-state index < -0.39 is 28.4 Å². The lowest BCUT2D eigenvalue weighted by atomic mass is 9.98. The maximum Gasteiger partial charge on any atom is 0.321 e. The minimum atomic E-state index is -1.45. The smallest absolute Gasteiger partial charge is 0.321 e. The Morgan fingerprint density at radius 3 is 2.52 bits per heavy atom. The number of fused-ring (bicyclic) bond motifs is 1. The molecule has 0 saturated carbocycles. The van der Waals surface area contributed by atoms with Crippen LogP contribution in [0.5, 0.6) is 0 Å². The van der Waals surface area contributed by atoms with Crippen molar-refractivity contribution in [2.45, 2.75) is 5.92 Å². The van der Waals surface area contributed by atoms with Crippen molar-refractivity contribution < 1.29 is 19.2 Å². The lowest BCUT2D eigenvalue weighted by molar-refractivity contribution is -0.383. The molecule has 0 radical (unpaired) electrons. The molecule has 1 unspecified atom stereocenters. The molecule has 0 fully saturated rings. The van der Waals surface area contributed by atoms with Crippen LogP contribution >= 0.6 is 12.2 Å².